The van der Waals surface area contributed by atoms with E-state index in [0.717, 1.165) is 12.0 Å². The number of ether oxygens (including phenoxy) is 3. The van der Waals surface area contributed by atoms with E-state index < -0.39 is 0 Å². The van der Waals surface area contributed by atoms with Gasteiger partial charge in [0.05, 0.1) is 6.61 Å². The van der Waals surface area contributed by atoms with Crippen molar-refractivity contribution in [2.24, 2.45) is 5.73 Å². The number of hydrogen-bond donors (Lipinski definition) is 1. The average Bonchev–Trinajstić information content (AvgIpc) is 2.38. The van der Waals surface area contributed by atoms with Crippen molar-refractivity contribution in [2.75, 3.05) is 33.5 Å². The third-order valence-corrected chi connectivity index (χ3v) is 2.37. The first-order chi connectivity index (χ1) is 8.74. The first kappa shape index (κ1) is 14.8. The quantitative estimate of drug-likeness (QED) is 0.536. The van der Waals surface area contributed by atoms with Crippen LogP contribution in [0.2, 0.25) is 0 Å². The second-order valence-electron chi connectivity index (χ2n) is 3.55. The number of aromatic nitrogens is 1. The Bertz CT molecular complexity index is 374. The van der Waals surface area contributed by atoms with Gasteiger partial charge in [0.1, 0.15) is 11.6 Å². The Balaban J connectivity index is 2.19. The van der Waals surface area contributed by atoms with Crippen LogP contribution in [0.4, 0.5) is 0 Å². The highest BCUT2D eigenvalue weighted by molar-refractivity contribution is 7.80. The van der Waals surface area contributed by atoms with Gasteiger partial charge in [-0.2, -0.15) is 0 Å². The number of nitrogens with two attached hydrogens (primary N) is 1. The van der Waals surface area contributed by atoms with Crippen LogP contribution in [0, 0.1) is 0 Å². The zero-order valence-electron chi connectivity index (χ0n) is 10.4. The SMILES string of the molecule is COCCCOCCOc1cc(C(N)=S)ccn1. The van der Waals surface area contributed by atoms with Crippen molar-refractivity contribution >= 4 is 17.2 Å². The first-order valence-electron chi connectivity index (χ1n) is 5.69. The summed E-state index contributed by atoms with van der Waals surface area (Å²) in [6.07, 6.45) is 2.49. The number of nitrogens with zero attached hydrogens (tertiary/aromatic N) is 1. The molecule has 1 rings (SSSR count). The molecule has 0 aliphatic heterocycles. The van der Waals surface area contributed by atoms with E-state index in [2.05, 4.69) is 4.98 Å². The predicted molar refractivity (Wildman–Crippen MR) is 72.9 cm³/mol. The van der Waals surface area contributed by atoms with E-state index in [0.29, 0.717) is 37.3 Å². The highest BCUT2D eigenvalue weighted by Crippen LogP contribution is 2.08. The fourth-order valence-electron chi connectivity index (χ4n) is 1.25. The first-order valence-corrected chi connectivity index (χ1v) is 6.10. The van der Waals surface area contributed by atoms with E-state index >= 15 is 0 Å². The van der Waals surface area contributed by atoms with Crippen molar-refractivity contribution in [3.8, 4) is 5.88 Å². The van der Waals surface area contributed by atoms with E-state index in [1.807, 2.05) is 0 Å². The summed E-state index contributed by atoms with van der Waals surface area (Å²) in [5.74, 6) is 0.501. The van der Waals surface area contributed by atoms with Crippen molar-refractivity contribution in [1.29, 1.82) is 0 Å². The molecular formula is C12H18N2O3S. The molecule has 0 aliphatic rings. The van der Waals surface area contributed by atoms with Crippen molar-refractivity contribution in [3.63, 3.8) is 0 Å². The maximum Gasteiger partial charge on any atom is 0.213 e. The Morgan fingerprint density at radius 3 is 2.89 bits per heavy atom. The molecule has 0 amide bonds. The molecule has 0 aliphatic carbocycles. The maximum absolute atomic E-state index is 5.52. The fraction of sp³-hybridized carbons (Fsp3) is 0.500. The van der Waals surface area contributed by atoms with Gasteiger partial charge in [0.15, 0.2) is 0 Å². The zero-order valence-corrected chi connectivity index (χ0v) is 11.2. The van der Waals surface area contributed by atoms with Crippen LogP contribution in [0.25, 0.3) is 0 Å². The fourth-order valence-corrected chi connectivity index (χ4v) is 1.38. The molecule has 1 aromatic rings. The predicted octanol–water partition coefficient (Wildman–Crippen LogP) is 1.15. The van der Waals surface area contributed by atoms with Crippen LogP contribution in [0.3, 0.4) is 0 Å². The highest BCUT2D eigenvalue weighted by atomic mass is 32.1. The summed E-state index contributed by atoms with van der Waals surface area (Å²) < 4.78 is 15.7. The topological polar surface area (TPSA) is 66.6 Å². The number of hydrogen-bond acceptors (Lipinski definition) is 5. The van der Waals surface area contributed by atoms with Crippen LogP contribution in [-0.2, 0) is 9.47 Å². The molecule has 1 heterocycles. The third kappa shape index (κ3) is 5.90. The lowest BCUT2D eigenvalue weighted by molar-refractivity contribution is 0.0795. The molecule has 6 heteroatoms. The monoisotopic (exact) mass is 270 g/mol. The van der Waals surface area contributed by atoms with E-state index in [9.17, 15) is 0 Å². The molecule has 0 saturated carbocycles. The van der Waals surface area contributed by atoms with Gasteiger partial charge < -0.3 is 19.9 Å². The molecule has 18 heavy (non-hydrogen) atoms. The summed E-state index contributed by atoms with van der Waals surface area (Å²) in [6.45, 7) is 2.33. The van der Waals surface area contributed by atoms with E-state index in [1.165, 1.54) is 0 Å². The van der Waals surface area contributed by atoms with Gasteiger partial charge in [-0.1, -0.05) is 12.2 Å². The lowest BCUT2D eigenvalue weighted by atomic mass is 10.3. The lowest BCUT2D eigenvalue weighted by Gasteiger charge is -2.07. The minimum Gasteiger partial charge on any atom is -0.475 e. The standard InChI is InChI=1S/C12H18N2O3S/c1-15-5-2-6-16-7-8-17-11-9-10(12(13)18)3-4-14-11/h3-4,9H,2,5-8H2,1H3,(H2,13,18). The summed E-state index contributed by atoms with van der Waals surface area (Å²) in [4.78, 5) is 4.39. The second-order valence-corrected chi connectivity index (χ2v) is 3.99. The van der Waals surface area contributed by atoms with Crippen LogP contribution < -0.4 is 10.5 Å². The molecule has 0 saturated heterocycles. The van der Waals surface area contributed by atoms with Crippen LogP contribution in [0.15, 0.2) is 18.3 Å². The van der Waals surface area contributed by atoms with Gasteiger partial charge in [-0.05, 0) is 12.5 Å². The van der Waals surface area contributed by atoms with Crippen molar-refractivity contribution in [2.45, 2.75) is 6.42 Å². The van der Waals surface area contributed by atoms with Crippen LogP contribution in [0.5, 0.6) is 5.88 Å². The number of rotatable bonds is 9. The minimum absolute atomic E-state index is 0.332. The Hall–Kier alpha value is -1.24. The van der Waals surface area contributed by atoms with Gasteiger partial charge in [-0.15, -0.1) is 0 Å². The van der Waals surface area contributed by atoms with E-state index in [1.54, 1.807) is 25.4 Å². The van der Waals surface area contributed by atoms with Gasteiger partial charge in [0, 0.05) is 38.2 Å². The summed E-state index contributed by atoms with van der Waals surface area (Å²) in [5.41, 5.74) is 6.26. The minimum atomic E-state index is 0.332. The number of thiocarbonyl (C=S) groups is 1. The molecule has 2 N–H and O–H groups in total. The van der Waals surface area contributed by atoms with Gasteiger partial charge in [-0.3, -0.25) is 0 Å². The molecule has 0 radical (unpaired) electrons. The number of pyridine rings is 1. The molecule has 0 aromatic carbocycles. The van der Waals surface area contributed by atoms with Gasteiger partial charge in [-0.25, -0.2) is 4.98 Å². The molecule has 0 unspecified atom stereocenters. The van der Waals surface area contributed by atoms with Gasteiger partial charge >= 0.3 is 0 Å². The summed E-state index contributed by atoms with van der Waals surface area (Å²) in [6, 6.07) is 3.46. The van der Waals surface area contributed by atoms with Crippen LogP contribution in [0.1, 0.15) is 12.0 Å². The van der Waals surface area contributed by atoms with Crippen molar-refractivity contribution < 1.29 is 14.2 Å². The Morgan fingerprint density at radius 2 is 2.17 bits per heavy atom. The molecule has 0 bridgehead atoms. The highest BCUT2D eigenvalue weighted by Gasteiger charge is 2.00. The van der Waals surface area contributed by atoms with Gasteiger partial charge in [0.2, 0.25) is 5.88 Å². The molecule has 1 aromatic heterocycles. The van der Waals surface area contributed by atoms with E-state index in [-0.39, 0.29) is 0 Å². The molecule has 0 atom stereocenters. The molecular weight excluding hydrogens is 252 g/mol. The lowest BCUT2D eigenvalue weighted by Crippen LogP contribution is -2.11. The van der Waals surface area contributed by atoms with Crippen molar-refractivity contribution in [1.82, 2.24) is 4.98 Å². The third-order valence-electron chi connectivity index (χ3n) is 2.13. The maximum atomic E-state index is 5.52. The normalized spacial score (nSPS) is 10.3. The summed E-state index contributed by atoms with van der Waals surface area (Å²) in [5, 5.41) is 0. The second kappa shape index (κ2) is 8.79. The van der Waals surface area contributed by atoms with E-state index in [4.69, 9.17) is 32.2 Å². The Morgan fingerprint density at radius 1 is 1.33 bits per heavy atom. The zero-order chi connectivity index (χ0) is 13.2. The van der Waals surface area contributed by atoms with Crippen LogP contribution >= 0.6 is 12.2 Å². The average molecular weight is 270 g/mol. The number of methoxy groups -OCH3 is 1. The largest absolute Gasteiger partial charge is 0.475 e. The van der Waals surface area contributed by atoms with Crippen LogP contribution in [-0.4, -0.2) is 43.5 Å². The molecule has 100 valence electrons. The van der Waals surface area contributed by atoms with Gasteiger partial charge in [0.25, 0.3) is 0 Å². The Kier molecular flexibility index (Phi) is 7.24. The van der Waals surface area contributed by atoms with Crippen molar-refractivity contribution in [3.05, 3.63) is 23.9 Å². The smallest absolute Gasteiger partial charge is 0.213 e. The molecule has 0 fully saturated rings. The molecule has 5 nitrogen and oxygen atoms in total. The Labute approximate surface area is 112 Å². The summed E-state index contributed by atoms with van der Waals surface area (Å²) >= 11 is 4.87. The summed E-state index contributed by atoms with van der Waals surface area (Å²) in [7, 11) is 1.67. The molecule has 0 spiro atoms.